The molecule has 2 heterocycles. The Kier molecular flexibility index (Phi) is 3.78. The SMILES string of the molecule is [2H]C([2H])(CCN)N1CCN(c2ncc(Br)cn2)CC1. The standard InChI is InChI=1S/C11H18BrN5/c12-10-8-14-11(15-9-10)17-6-4-16(5-7-17)3-1-2-13/h8-9H,1-7,13H2/i3D2. The summed E-state index contributed by atoms with van der Waals surface area (Å²) in [5.41, 5.74) is 5.45. The minimum Gasteiger partial charge on any atom is -0.338 e. The van der Waals surface area contributed by atoms with Gasteiger partial charge in [-0.05, 0) is 35.4 Å². The summed E-state index contributed by atoms with van der Waals surface area (Å²) in [4.78, 5) is 12.4. The zero-order chi connectivity index (χ0) is 13.9. The van der Waals surface area contributed by atoms with Gasteiger partial charge in [-0.1, -0.05) is 0 Å². The van der Waals surface area contributed by atoms with Crippen molar-refractivity contribution in [3.8, 4) is 0 Å². The van der Waals surface area contributed by atoms with Crippen LogP contribution in [-0.4, -0.2) is 54.1 Å². The monoisotopic (exact) mass is 301 g/mol. The molecule has 0 atom stereocenters. The Hall–Kier alpha value is -0.720. The van der Waals surface area contributed by atoms with E-state index in [1.54, 1.807) is 12.4 Å². The molecule has 1 fully saturated rings. The van der Waals surface area contributed by atoms with Gasteiger partial charge in [-0.2, -0.15) is 0 Å². The third-order valence-electron chi connectivity index (χ3n) is 2.65. The van der Waals surface area contributed by atoms with E-state index in [0.717, 1.165) is 17.6 Å². The van der Waals surface area contributed by atoms with E-state index >= 15 is 0 Å². The van der Waals surface area contributed by atoms with Gasteiger partial charge in [0.15, 0.2) is 0 Å². The van der Waals surface area contributed by atoms with Gasteiger partial charge in [0, 0.05) is 41.3 Å². The molecule has 0 amide bonds. The van der Waals surface area contributed by atoms with Crippen LogP contribution in [0.25, 0.3) is 0 Å². The first kappa shape index (κ1) is 10.2. The van der Waals surface area contributed by atoms with Gasteiger partial charge in [-0.25, -0.2) is 9.97 Å². The van der Waals surface area contributed by atoms with Gasteiger partial charge in [-0.3, -0.25) is 4.90 Å². The second-order valence-corrected chi connectivity index (χ2v) is 4.79. The number of aromatic nitrogens is 2. The smallest absolute Gasteiger partial charge is 0.225 e. The summed E-state index contributed by atoms with van der Waals surface area (Å²) >= 11 is 3.31. The molecule has 0 bridgehead atoms. The maximum Gasteiger partial charge on any atom is 0.225 e. The first-order valence-corrected chi connectivity index (χ1v) is 6.50. The molecule has 17 heavy (non-hydrogen) atoms. The highest BCUT2D eigenvalue weighted by atomic mass is 79.9. The van der Waals surface area contributed by atoms with Crippen LogP contribution in [-0.2, 0) is 0 Å². The Labute approximate surface area is 113 Å². The van der Waals surface area contributed by atoms with E-state index in [-0.39, 0.29) is 0 Å². The van der Waals surface area contributed by atoms with Gasteiger partial charge >= 0.3 is 0 Å². The third-order valence-corrected chi connectivity index (χ3v) is 3.06. The lowest BCUT2D eigenvalue weighted by molar-refractivity contribution is 0.255. The maximum atomic E-state index is 7.98. The van der Waals surface area contributed by atoms with Crippen LogP contribution in [0.4, 0.5) is 5.95 Å². The van der Waals surface area contributed by atoms with Crippen LogP contribution in [0, 0.1) is 0 Å². The highest BCUT2D eigenvalue weighted by Gasteiger charge is 2.18. The molecule has 0 aromatic carbocycles. The summed E-state index contributed by atoms with van der Waals surface area (Å²) in [6.45, 7) is 1.82. The molecule has 0 spiro atoms. The lowest BCUT2D eigenvalue weighted by Crippen LogP contribution is -2.47. The molecule has 94 valence electrons. The van der Waals surface area contributed by atoms with Crippen LogP contribution in [0.3, 0.4) is 0 Å². The summed E-state index contributed by atoms with van der Waals surface area (Å²) in [6.07, 6.45) is 3.81. The van der Waals surface area contributed by atoms with E-state index < -0.39 is 6.50 Å². The third kappa shape index (κ3) is 3.62. The van der Waals surface area contributed by atoms with Crippen molar-refractivity contribution in [3.05, 3.63) is 16.9 Å². The molecule has 1 aliphatic rings. The van der Waals surface area contributed by atoms with E-state index in [4.69, 9.17) is 8.48 Å². The zero-order valence-electron chi connectivity index (χ0n) is 11.6. The lowest BCUT2D eigenvalue weighted by atomic mass is 10.3. The number of hydrogen-bond acceptors (Lipinski definition) is 5. The molecule has 5 nitrogen and oxygen atoms in total. The molecule has 0 saturated carbocycles. The maximum absolute atomic E-state index is 7.98. The molecule has 1 saturated heterocycles. The second-order valence-electron chi connectivity index (χ2n) is 3.87. The normalized spacial score (nSPS) is 20.0. The number of piperazine rings is 1. The fraction of sp³-hybridized carbons (Fsp3) is 0.636. The fourth-order valence-electron chi connectivity index (χ4n) is 1.76. The second kappa shape index (κ2) is 6.28. The Morgan fingerprint density at radius 2 is 1.94 bits per heavy atom. The van der Waals surface area contributed by atoms with Crippen molar-refractivity contribution in [2.45, 2.75) is 6.42 Å². The number of rotatable bonds is 4. The highest BCUT2D eigenvalue weighted by Crippen LogP contribution is 2.13. The van der Waals surface area contributed by atoms with E-state index in [1.165, 1.54) is 0 Å². The molecule has 1 aromatic heterocycles. The van der Waals surface area contributed by atoms with Gasteiger partial charge in [-0.15, -0.1) is 0 Å². The van der Waals surface area contributed by atoms with E-state index in [9.17, 15) is 0 Å². The number of halogens is 1. The summed E-state index contributed by atoms with van der Waals surface area (Å²) in [5, 5.41) is 0. The van der Waals surface area contributed by atoms with Gasteiger partial charge in [0.05, 0.1) is 4.47 Å². The molecule has 2 rings (SSSR count). The van der Waals surface area contributed by atoms with Crippen LogP contribution in [0.15, 0.2) is 16.9 Å². The van der Waals surface area contributed by atoms with Crippen molar-refractivity contribution in [1.29, 1.82) is 0 Å². The average Bonchev–Trinajstić information content (AvgIpc) is 2.40. The topological polar surface area (TPSA) is 58.3 Å². The van der Waals surface area contributed by atoms with Crippen molar-refractivity contribution in [1.82, 2.24) is 14.9 Å². The predicted octanol–water partition coefficient (Wildman–Crippen LogP) is 0.710. The van der Waals surface area contributed by atoms with Crippen LogP contribution >= 0.6 is 15.9 Å². The largest absolute Gasteiger partial charge is 0.338 e. The van der Waals surface area contributed by atoms with E-state index in [2.05, 4.69) is 30.8 Å². The fourth-order valence-corrected chi connectivity index (χ4v) is 1.96. The van der Waals surface area contributed by atoms with Crippen molar-refractivity contribution < 1.29 is 2.74 Å². The van der Waals surface area contributed by atoms with Crippen LogP contribution in [0.1, 0.15) is 9.16 Å². The highest BCUT2D eigenvalue weighted by molar-refractivity contribution is 9.10. The summed E-state index contributed by atoms with van der Waals surface area (Å²) < 4.78 is 16.8. The molecular weight excluding hydrogens is 282 g/mol. The quantitative estimate of drug-likeness (QED) is 0.888. The van der Waals surface area contributed by atoms with Crippen LogP contribution < -0.4 is 10.6 Å². The predicted molar refractivity (Wildman–Crippen MR) is 72.1 cm³/mol. The molecule has 1 aromatic rings. The number of nitrogens with zero attached hydrogens (tertiary/aromatic N) is 4. The first-order chi connectivity index (χ1) is 9.03. The van der Waals surface area contributed by atoms with Crippen LogP contribution in [0.5, 0.6) is 0 Å². The zero-order valence-corrected chi connectivity index (χ0v) is 11.2. The van der Waals surface area contributed by atoms with Crippen molar-refractivity contribution in [2.24, 2.45) is 5.73 Å². The minimum absolute atomic E-state index is 0.363. The Bertz CT molecular complexity index is 406. The van der Waals surface area contributed by atoms with Gasteiger partial charge < -0.3 is 10.6 Å². The van der Waals surface area contributed by atoms with Gasteiger partial charge in [0.25, 0.3) is 0 Å². The Morgan fingerprint density at radius 1 is 1.29 bits per heavy atom. The van der Waals surface area contributed by atoms with Crippen molar-refractivity contribution in [2.75, 3.05) is 44.1 Å². The van der Waals surface area contributed by atoms with E-state index in [1.807, 2.05) is 4.90 Å². The van der Waals surface area contributed by atoms with Gasteiger partial charge in [0.1, 0.15) is 0 Å². The number of hydrogen-bond donors (Lipinski definition) is 1. The average molecular weight is 302 g/mol. The molecule has 0 radical (unpaired) electrons. The number of anilines is 1. The molecule has 0 aliphatic carbocycles. The summed E-state index contributed by atoms with van der Waals surface area (Å²) in [6, 6.07) is 0. The molecular formula is C11H18BrN5. The van der Waals surface area contributed by atoms with Crippen LogP contribution in [0.2, 0.25) is 0 Å². The lowest BCUT2D eigenvalue weighted by Gasteiger charge is -2.34. The Morgan fingerprint density at radius 3 is 2.53 bits per heavy atom. The minimum atomic E-state index is -1.32. The Balaban J connectivity index is 1.94. The first-order valence-electron chi connectivity index (χ1n) is 6.70. The molecule has 6 heteroatoms. The molecule has 2 N–H and O–H groups in total. The van der Waals surface area contributed by atoms with Gasteiger partial charge in [0.2, 0.25) is 5.95 Å². The van der Waals surface area contributed by atoms with E-state index in [0.29, 0.717) is 32.0 Å². The molecule has 0 unspecified atom stereocenters. The number of nitrogens with two attached hydrogens (primary N) is 1. The molecule has 1 aliphatic heterocycles. The summed E-state index contributed by atoms with van der Waals surface area (Å²) in [5.74, 6) is 0.697. The van der Waals surface area contributed by atoms with Crippen molar-refractivity contribution in [3.63, 3.8) is 0 Å². The van der Waals surface area contributed by atoms with Crippen molar-refractivity contribution >= 4 is 21.9 Å². The summed E-state index contributed by atoms with van der Waals surface area (Å²) in [7, 11) is 0.